The Balaban J connectivity index is 1.53. The molecule has 34 heavy (non-hydrogen) atoms. The minimum Gasteiger partial charge on any atom is -0.493 e. The lowest BCUT2D eigenvalue weighted by Crippen LogP contribution is -2.41. The SMILES string of the molecule is CCc1cccc(NC(=S)N(CCCN2CCOCC2)[C@@H](C)c2cc3cccc(OC)c3o2)c1. The minimum atomic E-state index is -0.0313. The summed E-state index contributed by atoms with van der Waals surface area (Å²) in [5, 5.41) is 5.20. The van der Waals surface area contributed by atoms with Crippen molar-refractivity contribution in [3.8, 4) is 5.75 Å². The van der Waals surface area contributed by atoms with Gasteiger partial charge < -0.3 is 24.1 Å². The molecule has 1 aliphatic rings. The molecule has 182 valence electrons. The van der Waals surface area contributed by atoms with E-state index in [0.717, 1.165) is 80.4 Å². The number of anilines is 1. The van der Waals surface area contributed by atoms with Gasteiger partial charge in [-0.25, -0.2) is 0 Å². The molecule has 4 rings (SSSR count). The van der Waals surface area contributed by atoms with Crippen LogP contribution >= 0.6 is 12.2 Å². The Kier molecular flexibility index (Phi) is 8.43. The first-order chi connectivity index (χ1) is 16.6. The molecule has 0 bridgehead atoms. The molecule has 0 aliphatic carbocycles. The van der Waals surface area contributed by atoms with Gasteiger partial charge in [0.25, 0.3) is 0 Å². The average Bonchev–Trinajstić information content (AvgIpc) is 3.31. The van der Waals surface area contributed by atoms with E-state index in [1.165, 1.54) is 5.56 Å². The number of nitrogens with one attached hydrogen (secondary N) is 1. The van der Waals surface area contributed by atoms with Crippen LogP contribution in [0.2, 0.25) is 0 Å². The number of aryl methyl sites for hydroxylation is 1. The fourth-order valence-electron chi connectivity index (χ4n) is 4.40. The summed E-state index contributed by atoms with van der Waals surface area (Å²) in [6, 6.07) is 16.5. The number of para-hydroxylation sites is 1. The molecule has 6 nitrogen and oxygen atoms in total. The predicted octanol–water partition coefficient (Wildman–Crippen LogP) is 5.49. The summed E-state index contributed by atoms with van der Waals surface area (Å²) in [6.45, 7) is 9.77. The number of hydrogen-bond acceptors (Lipinski definition) is 5. The van der Waals surface area contributed by atoms with Gasteiger partial charge in [0.2, 0.25) is 0 Å². The number of thiocarbonyl (C=S) groups is 1. The number of ether oxygens (including phenoxy) is 2. The molecular weight excluding hydrogens is 446 g/mol. The van der Waals surface area contributed by atoms with Crippen molar-refractivity contribution in [2.75, 3.05) is 51.8 Å². The fourth-order valence-corrected chi connectivity index (χ4v) is 4.77. The van der Waals surface area contributed by atoms with Crippen molar-refractivity contribution in [1.82, 2.24) is 9.80 Å². The Bertz CT molecular complexity index is 1090. The summed E-state index contributed by atoms with van der Waals surface area (Å²) in [5.74, 6) is 1.62. The third kappa shape index (κ3) is 5.90. The van der Waals surface area contributed by atoms with Crippen molar-refractivity contribution < 1.29 is 13.9 Å². The Morgan fingerprint density at radius 2 is 1.97 bits per heavy atom. The summed E-state index contributed by atoms with van der Waals surface area (Å²) in [6.07, 6.45) is 1.99. The van der Waals surface area contributed by atoms with Gasteiger partial charge in [-0.3, -0.25) is 4.90 Å². The van der Waals surface area contributed by atoms with E-state index in [2.05, 4.69) is 59.3 Å². The first kappa shape index (κ1) is 24.5. The molecule has 7 heteroatoms. The zero-order chi connectivity index (χ0) is 23.9. The lowest BCUT2D eigenvalue weighted by molar-refractivity contribution is 0.0365. The van der Waals surface area contributed by atoms with Crippen molar-refractivity contribution in [3.63, 3.8) is 0 Å². The largest absolute Gasteiger partial charge is 0.493 e. The van der Waals surface area contributed by atoms with Gasteiger partial charge >= 0.3 is 0 Å². The molecule has 1 atom stereocenters. The van der Waals surface area contributed by atoms with E-state index >= 15 is 0 Å². The maximum Gasteiger partial charge on any atom is 0.176 e. The molecular formula is C27H35N3O3S. The monoisotopic (exact) mass is 481 g/mol. The molecule has 3 aromatic rings. The smallest absolute Gasteiger partial charge is 0.176 e. The maximum absolute atomic E-state index is 6.28. The second-order valence-corrected chi connectivity index (χ2v) is 9.08. The number of methoxy groups -OCH3 is 1. The van der Waals surface area contributed by atoms with Gasteiger partial charge in [0, 0.05) is 37.3 Å². The Morgan fingerprint density at radius 1 is 1.18 bits per heavy atom. The van der Waals surface area contributed by atoms with Crippen LogP contribution in [-0.4, -0.2) is 61.4 Å². The van der Waals surface area contributed by atoms with Crippen LogP contribution in [0, 0.1) is 0 Å². The first-order valence-electron chi connectivity index (χ1n) is 12.1. The summed E-state index contributed by atoms with van der Waals surface area (Å²) in [5.41, 5.74) is 3.07. The summed E-state index contributed by atoms with van der Waals surface area (Å²) < 4.78 is 17.3. The van der Waals surface area contributed by atoms with Gasteiger partial charge in [-0.05, 0) is 61.8 Å². The van der Waals surface area contributed by atoms with Crippen molar-refractivity contribution in [2.24, 2.45) is 0 Å². The molecule has 1 N–H and O–H groups in total. The first-order valence-corrected chi connectivity index (χ1v) is 12.5. The summed E-state index contributed by atoms with van der Waals surface area (Å²) >= 11 is 5.93. The van der Waals surface area contributed by atoms with Crippen molar-refractivity contribution >= 4 is 34.0 Å². The van der Waals surface area contributed by atoms with E-state index in [0.29, 0.717) is 5.11 Å². The quantitative estimate of drug-likeness (QED) is 0.406. The highest BCUT2D eigenvalue weighted by Crippen LogP contribution is 2.33. The van der Waals surface area contributed by atoms with Crippen molar-refractivity contribution in [1.29, 1.82) is 0 Å². The molecule has 0 spiro atoms. The predicted molar refractivity (Wildman–Crippen MR) is 142 cm³/mol. The average molecular weight is 482 g/mol. The van der Waals surface area contributed by atoms with Crippen molar-refractivity contribution in [3.05, 3.63) is 59.9 Å². The number of morpholine rings is 1. The minimum absolute atomic E-state index is 0.0313. The van der Waals surface area contributed by atoms with Gasteiger partial charge in [0.1, 0.15) is 5.76 Å². The van der Waals surface area contributed by atoms with Crippen LogP contribution in [0.15, 0.2) is 52.9 Å². The van der Waals surface area contributed by atoms with E-state index < -0.39 is 0 Å². The van der Waals surface area contributed by atoms with Crippen LogP contribution in [0.5, 0.6) is 5.75 Å². The number of rotatable bonds is 9. The Morgan fingerprint density at radius 3 is 2.74 bits per heavy atom. The lowest BCUT2D eigenvalue weighted by atomic mass is 10.1. The summed E-state index contributed by atoms with van der Waals surface area (Å²) in [7, 11) is 1.67. The van der Waals surface area contributed by atoms with Gasteiger partial charge in [-0.1, -0.05) is 31.2 Å². The van der Waals surface area contributed by atoms with Gasteiger partial charge in [-0.2, -0.15) is 0 Å². The second kappa shape index (κ2) is 11.7. The number of hydrogen-bond donors (Lipinski definition) is 1. The number of fused-ring (bicyclic) bond motifs is 1. The topological polar surface area (TPSA) is 50.1 Å². The highest BCUT2D eigenvalue weighted by Gasteiger charge is 2.23. The van der Waals surface area contributed by atoms with Crippen molar-refractivity contribution in [2.45, 2.75) is 32.7 Å². The number of benzene rings is 2. The Hall–Kier alpha value is -2.61. The molecule has 1 aromatic heterocycles. The van der Waals surface area contributed by atoms with E-state index in [9.17, 15) is 0 Å². The van der Waals surface area contributed by atoms with E-state index in [1.807, 2.05) is 18.2 Å². The van der Waals surface area contributed by atoms with E-state index in [1.54, 1.807) is 7.11 Å². The van der Waals surface area contributed by atoms with Crippen LogP contribution in [-0.2, 0) is 11.2 Å². The van der Waals surface area contributed by atoms with Gasteiger partial charge in [0.15, 0.2) is 16.4 Å². The molecule has 0 amide bonds. The zero-order valence-electron chi connectivity index (χ0n) is 20.4. The molecule has 1 fully saturated rings. The second-order valence-electron chi connectivity index (χ2n) is 8.69. The molecule has 0 unspecified atom stereocenters. The zero-order valence-corrected chi connectivity index (χ0v) is 21.2. The van der Waals surface area contributed by atoms with Gasteiger partial charge in [-0.15, -0.1) is 0 Å². The van der Waals surface area contributed by atoms with E-state index in [4.69, 9.17) is 26.1 Å². The molecule has 0 saturated carbocycles. The molecule has 0 radical (unpaired) electrons. The third-order valence-corrected chi connectivity index (χ3v) is 6.79. The van der Waals surface area contributed by atoms with E-state index in [-0.39, 0.29) is 6.04 Å². The van der Waals surface area contributed by atoms with Gasteiger partial charge in [0.05, 0.1) is 26.4 Å². The maximum atomic E-state index is 6.28. The fraction of sp³-hybridized carbons (Fsp3) is 0.444. The molecule has 1 aliphatic heterocycles. The molecule has 1 saturated heterocycles. The van der Waals surface area contributed by atoms with Crippen LogP contribution in [0.4, 0.5) is 5.69 Å². The molecule has 2 aromatic carbocycles. The normalized spacial score (nSPS) is 15.3. The highest BCUT2D eigenvalue weighted by atomic mass is 32.1. The molecule has 2 heterocycles. The van der Waals surface area contributed by atoms with Crippen LogP contribution in [0.1, 0.15) is 37.6 Å². The van der Waals surface area contributed by atoms with Crippen LogP contribution in [0.25, 0.3) is 11.0 Å². The highest BCUT2D eigenvalue weighted by molar-refractivity contribution is 7.80. The van der Waals surface area contributed by atoms with Crippen LogP contribution < -0.4 is 10.1 Å². The standard InChI is InChI=1S/C27H35N3O3S/c1-4-21-8-5-10-23(18-21)28-27(34)30(13-7-12-29-14-16-32-17-15-29)20(2)25-19-22-9-6-11-24(31-3)26(22)33-25/h5-6,8-11,18-20H,4,7,12-17H2,1-3H3,(H,28,34)/t20-/m0/s1. The Labute approximate surface area is 207 Å². The number of furan rings is 1. The number of nitrogens with zero attached hydrogens (tertiary/aromatic N) is 2. The van der Waals surface area contributed by atoms with Crippen LogP contribution in [0.3, 0.4) is 0 Å². The summed E-state index contributed by atoms with van der Waals surface area (Å²) in [4.78, 5) is 4.69. The third-order valence-electron chi connectivity index (χ3n) is 6.45. The lowest BCUT2D eigenvalue weighted by Gasteiger charge is -2.32.